The molecule has 0 heterocycles. The predicted molar refractivity (Wildman–Crippen MR) is 80.9 cm³/mol. The lowest BCUT2D eigenvalue weighted by Gasteiger charge is -2.17. The van der Waals surface area contributed by atoms with Crippen molar-refractivity contribution >= 4 is 47.9 Å². The Kier molecular flexibility index (Phi) is 4.88. The number of hydrogen-bond donors (Lipinski definition) is 2. The second-order valence-corrected chi connectivity index (χ2v) is 8.19. The molecule has 1 unspecified atom stereocenters. The number of nitrogens with one attached hydrogen (secondary N) is 1. The van der Waals surface area contributed by atoms with Crippen molar-refractivity contribution < 1.29 is 18.3 Å². The molecule has 0 aliphatic heterocycles. The minimum Gasteiger partial charge on any atom is -0.481 e. The third kappa shape index (κ3) is 4.03. The summed E-state index contributed by atoms with van der Waals surface area (Å²) in [6, 6.07) is 4.28. The summed E-state index contributed by atoms with van der Waals surface area (Å²) in [5.74, 6) is -0.885. The van der Waals surface area contributed by atoms with Gasteiger partial charge in [0, 0.05) is 15.0 Å². The first-order valence-electron chi connectivity index (χ1n) is 5.99. The van der Waals surface area contributed by atoms with Crippen molar-refractivity contribution in [3.63, 3.8) is 0 Å². The molecule has 1 aliphatic carbocycles. The molecule has 0 spiro atoms. The lowest BCUT2D eigenvalue weighted by atomic mass is 10.1. The van der Waals surface area contributed by atoms with Gasteiger partial charge in [-0.2, -0.15) is 0 Å². The van der Waals surface area contributed by atoms with Gasteiger partial charge in [0.15, 0.2) is 0 Å². The summed E-state index contributed by atoms with van der Waals surface area (Å²) < 4.78 is 28.3. The third-order valence-corrected chi connectivity index (χ3v) is 6.05. The number of benzene rings is 1. The summed E-state index contributed by atoms with van der Waals surface area (Å²) >= 11 is 6.43. The van der Waals surface area contributed by atoms with Crippen LogP contribution in [0.25, 0.3) is 0 Å². The van der Waals surface area contributed by atoms with Crippen LogP contribution in [0.15, 0.2) is 32.0 Å². The molecule has 0 aromatic heterocycles. The molecule has 8 heteroatoms. The van der Waals surface area contributed by atoms with E-state index in [0.29, 0.717) is 8.95 Å². The van der Waals surface area contributed by atoms with Gasteiger partial charge in [-0.25, -0.2) is 13.1 Å². The van der Waals surface area contributed by atoms with Crippen molar-refractivity contribution in [3.8, 4) is 0 Å². The fraction of sp³-hybridized carbons (Fsp3) is 0.417. The average molecular weight is 427 g/mol. The van der Waals surface area contributed by atoms with Crippen molar-refractivity contribution in [1.82, 2.24) is 4.72 Å². The van der Waals surface area contributed by atoms with Gasteiger partial charge in [0.2, 0.25) is 10.0 Å². The first-order valence-corrected chi connectivity index (χ1v) is 9.05. The number of sulfonamides is 1. The van der Waals surface area contributed by atoms with E-state index in [1.54, 1.807) is 12.1 Å². The van der Waals surface area contributed by atoms with Gasteiger partial charge < -0.3 is 5.11 Å². The molecule has 0 amide bonds. The van der Waals surface area contributed by atoms with Crippen LogP contribution in [0.4, 0.5) is 0 Å². The number of rotatable bonds is 6. The van der Waals surface area contributed by atoms with E-state index < -0.39 is 22.0 Å². The molecule has 1 aromatic carbocycles. The Bertz CT molecular complexity index is 628. The predicted octanol–water partition coefficient (Wildman–Crippen LogP) is 2.74. The van der Waals surface area contributed by atoms with Crippen LogP contribution in [0.1, 0.15) is 19.3 Å². The summed E-state index contributed by atoms with van der Waals surface area (Å²) in [6.07, 6.45) is 1.52. The van der Waals surface area contributed by atoms with Crippen LogP contribution in [-0.4, -0.2) is 25.5 Å². The Morgan fingerprint density at radius 1 is 1.40 bits per heavy atom. The highest BCUT2D eigenvalue weighted by atomic mass is 79.9. The quantitative estimate of drug-likeness (QED) is 0.732. The van der Waals surface area contributed by atoms with Crippen LogP contribution in [-0.2, 0) is 14.8 Å². The summed E-state index contributed by atoms with van der Waals surface area (Å²) in [5, 5.41) is 8.88. The van der Waals surface area contributed by atoms with E-state index >= 15 is 0 Å². The highest BCUT2D eigenvalue weighted by Gasteiger charge is 2.36. The first-order chi connectivity index (χ1) is 9.29. The van der Waals surface area contributed by atoms with Crippen molar-refractivity contribution in [2.24, 2.45) is 5.92 Å². The fourth-order valence-corrected chi connectivity index (χ4v) is 4.74. The zero-order chi connectivity index (χ0) is 14.9. The van der Waals surface area contributed by atoms with Gasteiger partial charge in [-0.1, -0.05) is 15.9 Å². The van der Waals surface area contributed by atoms with Gasteiger partial charge in [-0.3, -0.25) is 4.79 Å². The molecule has 1 aliphatic rings. The molecule has 2 N–H and O–H groups in total. The zero-order valence-electron chi connectivity index (χ0n) is 10.3. The minimum atomic E-state index is -3.75. The SMILES string of the molecule is O=C(O)CC(NS(=O)(=O)c1cc(Br)ccc1Br)C1CC1. The van der Waals surface area contributed by atoms with Crippen LogP contribution in [0.5, 0.6) is 0 Å². The van der Waals surface area contributed by atoms with E-state index in [2.05, 4.69) is 36.6 Å². The smallest absolute Gasteiger partial charge is 0.304 e. The van der Waals surface area contributed by atoms with Gasteiger partial charge in [0.25, 0.3) is 0 Å². The Morgan fingerprint density at radius 3 is 2.60 bits per heavy atom. The third-order valence-electron chi connectivity index (χ3n) is 3.07. The molecule has 1 saturated carbocycles. The number of halogens is 2. The molecule has 0 saturated heterocycles. The fourth-order valence-electron chi connectivity index (χ4n) is 1.94. The molecule has 110 valence electrons. The van der Waals surface area contributed by atoms with Crippen molar-refractivity contribution in [1.29, 1.82) is 0 Å². The highest BCUT2D eigenvalue weighted by Crippen LogP contribution is 2.35. The number of hydrogen-bond acceptors (Lipinski definition) is 3. The Hall–Kier alpha value is -0.440. The molecule has 5 nitrogen and oxygen atoms in total. The first kappa shape index (κ1) is 15.9. The standard InChI is InChI=1S/C12H13Br2NO4S/c13-8-3-4-9(14)11(5-8)20(18,19)15-10(6-12(16)17)7-1-2-7/h3-5,7,10,15H,1-2,6H2,(H,16,17). The molecule has 0 radical (unpaired) electrons. The van der Waals surface area contributed by atoms with E-state index in [-0.39, 0.29) is 17.2 Å². The molecule has 0 bridgehead atoms. The van der Waals surface area contributed by atoms with Crippen LogP contribution in [0.2, 0.25) is 0 Å². The molecule has 1 fully saturated rings. The Labute approximate surface area is 134 Å². The summed E-state index contributed by atoms with van der Waals surface area (Å²) in [4.78, 5) is 10.9. The topological polar surface area (TPSA) is 83.5 Å². The largest absolute Gasteiger partial charge is 0.481 e. The molecule has 1 atom stereocenters. The average Bonchev–Trinajstić information content (AvgIpc) is 3.14. The van der Waals surface area contributed by atoms with Gasteiger partial charge in [0.1, 0.15) is 0 Å². The van der Waals surface area contributed by atoms with Crippen LogP contribution >= 0.6 is 31.9 Å². The number of carbonyl (C=O) groups is 1. The van der Waals surface area contributed by atoms with Gasteiger partial charge in [-0.15, -0.1) is 0 Å². The van der Waals surface area contributed by atoms with E-state index in [9.17, 15) is 13.2 Å². The van der Waals surface area contributed by atoms with E-state index in [0.717, 1.165) is 12.8 Å². The molecular formula is C12H13Br2NO4S. The maximum Gasteiger partial charge on any atom is 0.304 e. The maximum atomic E-state index is 12.4. The monoisotopic (exact) mass is 425 g/mol. The Morgan fingerprint density at radius 2 is 2.05 bits per heavy atom. The molecule has 20 heavy (non-hydrogen) atoms. The molecule has 1 aromatic rings. The van der Waals surface area contributed by atoms with Crippen molar-refractivity contribution in [2.75, 3.05) is 0 Å². The van der Waals surface area contributed by atoms with Crippen LogP contribution < -0.4 is 4.72 Å². The van der Waals surface area contributed by atoms with Gasteiger partial charge in [-0.05, 0) is 52.9 Å². The van der Waals surface area contributed by atoms with Gasteiger partial charge >= 0.3 is 5.97 Å². The number of carboxylic acids is 1. The Balaban J connectivity index is 2.25. The molecular weight excluding hydrogens is 414 g/mol. The van der Waals surface area contributed by atoms with E-state index in [1.807, 2.05) is 0 Å². The lowest BCUT2D eigenvalue weighted by Crippen LogP contribution is -2.38. The van der Waals surface area contributed by atoms with Crippen LogP contribution in [0.3, 0.4) is 0 Å². The van der Waals surface area contributed by atoms with Crippen LogP contribution in [0, 0.1) is 5.92 Å². The molecule has 2 rings (SSSR count). The van der Waals surface area contributed by atoms with E-state index in [4.69, 9.17) is 5.11 Å². The van der Waals surface area contributed by atoms with Gasteiger partial charge in [0.05, 0.1) is 11.3 Å². The summed E-state index contributed by atoms with van der Waals surface area (Å²) in [7, 11) is -3.75. The highest BCUT2D eigenvalue weighted by molar-refractivity contribution is 9.11. The van der Waals surface area contributed by atoms with Crippen molar-refractivity contribution in [3.05, 3.63) is 27.1 Å². The van der Waals surface area contributed by atoms with E-state index in [1.165, 1.54) is 6.07 Å². The lowest BCUT2D eigenvalue weighted by molar-refractivity contribution is -0.137. The normalized spacial score (nSPS) is 16.9. The summed E-state index contributed by atoms with van der Waals surface area (Å²) in [5.41, 5.74) is 0. The number of carboxylic acid groups (broad SMARTS) is 1. The summed E-state index contributed by atoms with van der Waals surface area (Å²) in [6.45, 7) is 0. The second kappa shape index (κ2) is 6.13. The minimum absolute atomic E-state index is 0.0999. The maximum absolute atomic E-state index is 12.4. The zero-order valence-corrected chi connectivity index (χ0v) is 14.3. The van der Waals surface area contributed by atoms with Crippen molar-refractivity contribution in [2.45, 2.75) is 30.2 Å². The number of aliphatic carboxylic acids is 1. The second-order valence-electron chi connectivity index (χ2n) is 4.74.